The van der Waals surface area contributed by atoms with E-state index in [9.17, 15) is 4.79 Å². The number of hydrogen-bond acceptors (Lipinski definition) is 5. The van der Waals surface area contributed by atoms with Crippen molar-refractivity contribution in [3.8, 4) is 17.5 Å². The summed E-state index contributed by atoms with van der Waals surface area (Å²) in [5, 5.41) is 3.86. The molecule has 3 aromatic rings. The van der Waals surface area contributed by atoms with Crippen molar-refractivity contribution in [2.24, 2.45) is 0 Å². The first-order chi connectivity index (χ1) is 12.9. The summed E-state index contributed by atoms with van der Waals surface area (Å²) >= 11 is 0. The van der Waals surface area contributed by atoms with E-state index in [2.05, 4.69) is 15.3 Å². The molecular weight excluding hydrogens is 342 g/mol. The van der Waals surface area contributed by atoms with Crippen LogP contribution in [0.1, 0.15) is 39.3 Å². The van der Waals surface area contributed by atoms with Crippen LogP contribution in [0.5, 0.6) is 17.5 Å². The summed E-state index contributed by atoms with van der Waals surface area (Å²) in [4.78, 5) is 20.0. The molecule has 2 aromatic heterocycles. The fraction of sp³-hybridized carbons (Fsp3) is 0.286. The van der Waals surface area contributed by atoms with Crippen LogP contribution >= 0.6 is 0 Å². The minimum Gasteiger partial charge on any atom is -0.489 e. The highest BCUT2D eigenvalue weighted by Gasteiger charge is 2.09. The number of pyridine rings is 2. The third-order valence-corrected chi connectivity index (χ3v) is 3.90. The Balaban J connectivity index is 1.75. The van der Waals surface area contributed by atoms with Gasteiger partial charge in [0.1, 0.15) is 5.75 Å². The van der Waals surface area contributed by atoms with Gasteiger partial charge in [0.25, 0.3) is 0 Å². The van der Waals surface area contributed by atoms with Gasteiger partial charge in [0.2, 0.25) is 17.7 Å². The summed E-state index contributed by atoms with van der Waals surface area (Å²) in [5.41, 5.74) is 1.83. The van der Waals surface area contributed by atoms with Crippen LogP contribution in [0.25, 0.3) is 10.9 Å². The van der Waals surface area contributed by atoms with Crippen LogP contribution in [0.15, 0.2) is 48.7 Å². The number of fused-ring (bicyclic) bond motifs is 1. The highest BCUT2D eigenvalue weighted by Crippen LogP contribution is 2.24. The number of carbonyl (C=O) groups is 1. The molecule has 6 nitrogen and oxygen atoms in total. The van der Waals surface area contributed by atoms with E-state index in [1.54, 1.807) is 18.3 Å². The number of ether oxygens (including phenoxy) is 2. The standard InChI is InChI=1S/C21H23N3O3/c1-13(2)26-18-7-10-20(22-12-18)27-21-9-6-17-11-16(5-8-19(17)24-21)14(3)23-15(4)25/h5-14H,1-4H3,(H,23,25). The van der Waals surface area contributed by atoms with Gasteiger partial charge in [-0.25, -0.2) is 9.97 Å². The second kappa shape index (κ2) is 8.03. The van der Waals surface area contributed by atoms with E-state index in [1.807, 2.05) is 51.1 Å². The number of nitrogens with zero attached hydrogens (tertiary/aromatic N) is 2. The van der Waals surface area contributed by atoms with E-state index >= 15 is 0 Å². The van der Waals surface area contributed by atoms with Crippen LogP contribution in [-0.4, -0.2) is 22.0 Å². The van der Waals surface area contributed by atoms with Gasteiger partial charge in [0.05, 0.1) is 23.9 Å². The van der Waals surface area contributed by atoms with Crippen LogP contribution in [0.2, 0.25) is 0 Å². The largest absolute Gasteiger partial charge is 0.489 e. The van der Waals surface area contributed by atoms with Crippen molar-refractivity contribution in [1.82, 2.24) is 15.3 Å². The lowest BCUT2D eigenvalue weighted by Crippen LogP contribution is -2.23. The van der Waals surface area contributed by atoms with Gasteiger partial charge in [-0.3, -0.25) is 4.79 Å². The van der Waals surface area contributed by atoms with E-state index < -0.39 is 0 Å². The fourth-order valence-corrected chi connectivity index (χ4v) is 2.72. The normalized spacial score (nSPS) is 12.0. The third-order valence-electron chi connectivity index (χ3n) is 3.90. The zero-order valence-electron chi connectivity index (χ0n) is 15.9. The van der Waals surface area contributed by atoms with Gasteiger partial charge in [0.15, 0.2) is 0 Å². The summed E-state index contributed by atoms with van der Waals surface area (Å²) in [6.07, 6.45) is 1.73. The minimum atomic E-state index is -0.0569. The topological polar surface area (TPSA) is 73.3 Å². The van der Waals surface area contributed by atoms with Crippen LogP contribution in [0.4, 0.5) is 0 Å². The van der Waals surface area contributed by atoms with Crippen molar-refractivity contribution in [2.75, 3.05) is 0 Å². The summed E-state index contributed by atoms with van der Waals surface area (Å²) in [5.74, 6) is 1.57. The molecule has 1 aromatic carbocycles. The molecule has 1 atom stereocenters. The first-order valence-corrected chi connectivity index (χ1v) is 8.89. The fourth-order valence-electron chi connectivity index (χ4n) is 2.72. The summed E-state index contributed by atoms with van der Waals surface area (Å²) in [6.45, 7) is 7.39. The molecule has 2 heterocycles. The molecule has 0 saturated heterocycles. The smallest absolute Gasteiger partial charge is 0.221 e. The Morgan fingerprint density at radius 1 is 1.04 bits per heavy atom. The summed E-state index contributed by atoms with van der Waals surface area (Å²) < 4.78 is 11.3. The first-order valence-electron chi connectivity index (χ1n) is 8.89. The molecule has 0 aliphatic heterocycles. The van der Waals surface area contributed by atoms with Crippen molar-refractivity contribution in [2.45, 2.75) is 39.8 Å². The van der Waals surface area contributed by atoms with Crippen LogP contribution < -0.4 is 14.8 Å². The number of hydrogen-bond donors (Lipinski definition) is 1. The molecule has 0 aliphatic carbocycles. The van der Waals surface area contributed by atoms with Crippen molar-refractivity contribution in [3.63, 3.8) is 0 Å². The number of rotatable bonds is 6. The Hall–Kier alpha value is -3.15. The van der Waals surface area contributed by atoms with Gasteiger partial charge in [-0.1, -0.05) is 6.07 Å². The number of nitrogens with one attached hydrogen (secondary N) is 1. The molecule has 0 spiro atoms. The maximum absolute atomic E-state index is 11.2. The zero-order chi connectivity index (χ0) is 19.4. The number of amides is 1. The van der Waals surface area contributed by atoms with Crippen molar-refractivity contribution in [3.05, 3.63) is 54.2 Å². The molecule has 0 aliphatic rings. The van der Waals surface area contributed by atoms with E-state index in [1.165, 1.54) is 6.92 Å². The number of carbonyl (C=O) groups excluding carboxylic acids is 1. The lowest BCUT2D eigenvalue weighted by atomic mass is 10.1. The zero-order valence-corrected chi connectivity index (χ0v) is 15.9. The molecule has 0 radical (unpaired) electrons. The van der Waals surface area contributed by atoms with Crippen molar-refractivity contribution >= 4 is 16.8 Å². The van der Waals surface area contributed by atoms with Gasteiger partial charge in [-0.05, 0) is 50.6 Å². The number of aromatic nitrogens is 2. The molecule has 0 saturated carbocycles. The lowest BCUT2D eigenvalue weighted by Gasteiger charge is -2.13. The molecular formula is C21H23N3O3. The average Bonchev–Trinajstić information content (AvgIpc) is 2.62. The quantitative estimate of drug-likeness (QED) is 0.700. The minimum absolute atomic E-state index is 0.0539. The molecule has 1 unspecified atom stereocenters. The molecule has 6 heteroatoms. The second-order valence-electron chi connectivity index (χ2n) is 6.62. The number of benzene rings is 1. The predicted molar refractivity (Wildman–Crippen MR) is 104 cm³/mol. The summed E-state index contributed by atoms with van der Waals surface area (Å²) in [7, 11) is 0. The molecule has 27 heavy (non-hydrogen) atoms. The molecule has 0 fully saturated rings. The van der Waals surface area contributed by atoms with Gasteiger partial charge >= 0.3 is 0 Å². The summed E-state index contributed by atoms with van der Waals surface area (Å²) in [6, 6.07) is 13.1. The molecule has 0 bridgehead atoms. The van der Waals surface area contributed by atoms with Crippen LogP contribution in [-0.2, 0) is 4.79 Å². The van der Waals surface area contributed by atoms with Gasteiger partial charge < -0.3 is 14.8 Å². The lowest BCUT2D eigenvalue weighted by molar-refractivity contribution is -0.119. The Bertz CT molecular complexity index is 939. The van der Waals surface area contributed by atoms with E-state index in [0.29, 0.717) is 17.5 Å². The Morgan fingerprint density at radius 2 is 1.81 bits per heavy atom. The third kappa shape index (κ3) is 4.94. The van der Waals surface area contributed by atoms with Crippen molar-refractivity contribution < 1.29 is 14.3 Å². The van der Waals surface area contributed by atoms with E-state index in [4.69, 9.17) is 9.47 Å². The van der Waals surface area contributed by atoms with Gasteiger partial charge in [-0.2, -0.15) is 0 Å². The Kier molecular flexibility index (Phi) is 5.54. The first kappa shape index (κ1) is 18.6. The molecule has 3 rings (SSSR count). The second-order valence-corrected chi connectivity index (χ2v) is 6.62. The molecule has 1 amide bonds. The van der Waals surface area contributed by atoms with E-state index in [-0.39, 0.29) is 18.1 Å². The predicted octanol–water partition coefficient (Wildman–Crippen LogP) is 4.41. The van der Waals surface area contributed by atoms with Gasteiger partial charge in [-0.15, -0.1) is 0 Å². The monoisotopic (exact) mass is 365 g/mol. The van der Waals surface area contributed by atoms with Gasteiger partial charge in [0, 0.05) is 24.4 Å². The van der Waals surface area contributed by atoms with Crippen LogP contribution in [0, 0.1) is 0 Å². The maximum atomic E-state index is 11.2. The molecule has 1 N–H and O–H groups in total. The SMILES string of the molecule is CC(=O)NC(C)c1ccc2nc(Oc3ccc(OC(C)C)cn3)ccc2c1. The highest BCUT2D eigenvalue weighted by atomic mass is 16.5. The van der Waals surface area contributed by atoms with Crippen LogP contribution in [0.3, 0.4) is 0 Å². The average molecular weight is 365 g/mol. The Labute approximate surface area is 158 Å². The highest BCUT2D eigenvalue weighted by molar-refractivity contribution is 5.80. The van der Waals surface area contributed by atoms with Crippen molar-refractivity contribution in [1.29, 1.82) is 0 Å². The maximum Gasteiger partial charge on any atom is 0.221 e. The van der Waals surface area contributed by atoms with E-state index in [0.717, 1.165) is 16.5 Å². The molecule has 140 valence electrons. The Morgan fingerprint density at radius 3 is 2.48 bits per heavy atom.